The molecule has 0 heterocycles. The molecule has 17 heavy (non-hydrogen) atoms. The van der Waals surface area contributed by atoms with Gasteiger partial charge in [0, 0.05) is 12.0 Å². The molecule has 0 bridgehead atoms. The molecular formula is C14H21NO2. The number of nitrogens with one attached hydrogen (secondary N) is 1. The Kier molecular flexibility index (Phi) is 4.29. The molecule has 3 nitrogen and oxygen atoms in total. The van der Waals surface area contributed by atoms with E-state index in [9.17, 15) is 4.79 Å². The van der Waals surface area contributed by atoms with Gasteiger partial charge in [0.05, 0.1) is 0 Å². The Morgan fingerprint density at radius 1 is 1.47 bits per heavy atom. The summed E-state index contributed by atoms with van der Waals surface area (Å²) in [6.07, 6.45) is -0.955. The molecule has 0 aliphatic carbocycles. The molecule has 0 aromatic heterocycles. The maximum atomic E-state index is 11.3. The Morgan fingerprint density at radius 2 is 2.12 bits per heavy atom. The van der Waals surface area contributed by atoms with E-state index in [1.807, 2.05) is 19.1 Å². The molecule has 0 aliphatic rings. The van der Waals surface area contributed by atoms with Crippen LogP contribution in [0.25, 0.3) is 0 Å². The minimum Gasteiger partial charge on any atom is -0.384 e. The summed E-state index contributed by atoms with van der Waals surface area (Å²) < 4.78 is 0. The van der Waals surface area contributed by atoms with Crippen molar-refractivity contribution in [3.05, 3.63) is 35.4 Å². The van der Waals surface area contributed by atoms with Gasteiger partial charge in [0.15, 0.2) is 0 Å². The second kappa shape index (κ2) is 5.32. The minimum absolute atomic E-state index is 0.142. The molecule has 3 heteroatoms. The smallest absolute Gasteiger partial charge is 0.248 e. The predicted molar refractivity (Wildman–Crippen MR) is 68.9 cm³/mol. The summed E-state index contributed by atoms with van der Waals surface area (Å²) in [4.78, 5) is 11.3. The highest BCUT2D eigenvalue weighted by atomic mass is 16.3. The van der Waals surface area contributed by atoms with Crippen LogP contribution in [0.15, 0.2) is 24.3 Å². The highest BCUT2D eigenvalue weighted by Gasteiger charge is 2.22. The van der Waals surface area contributed by atoms with Crippen molar-refractivity contribution >= 4 is 5.91 Å². The zero-order valence-electron chi connectivity index (χ0n) is 10.9. The fourth-order valence-electron chi connectivity index (χ4n) is 1.62. The van der Waals surface area contributed by atoms with Crippen LogP contribution in [0.2, 0.25) is 0 Å². The second-order valence-corrected chi connectivity index (χ2v) is 5.15. The molecule has 0 radical (unpaired) electrons. The van der Waals surface area contributed by atoms with E-state index in [4.69, 9.17) is 5.11 Å². The molecule has 1 unspecified atom stereocenters. The Labute approximate surface area is 103 Å². The van der Waals surface area contributed by atoms with Crippen LogP contribution in [0.3, 0.4) is 0 Å². The molecule has 1 aromatic carbocycles. The molecule has 0 fully saturated rings. The third-order valence-corrected chi connectivity index (χ3v) is 2.88. The standard InChI is InChI=1S/C14H21NO2/c1-10-6-5-7-12(8-10)14(3,4)9-15-13(17)11(2)16/h5-8,11,16H,9H2,1-4H3,(H,15,17). The van der Waals surface area contributed by atoms with Crippen LogP contribution < -0.4 is 5.32 Å². The zero-order chi connectivity index (χ0) is 13.1. The number of rotatable bonds is 4. The second-order valence-electron chi connectivity index (χ2n) is 5.15. The topological polar surface area (TPSA) is 49.3 Å². The number of carbonyl (C=O) groups excluding carboxylic acids is 1. The Morgan fingerprint density at radius 3 is 2.65 bits per heavy atom. The first-order valence-corrected chi connectivity index (χ1v) is 5.86. The van der Waals surface area contributed by atoms with Crippen LogP contribution in [-0.2, 0) is 10.2 Å². The fraction of sp³-hybridized carbons (Fsp3) is 0.500. The van der Waals surface area contributed by atoms with Gasteiger partial charge in [0.2, 0.25) is 5.91 Å². The number of hydrogen-bond donors (Lipinski definition) is 2. The van der Waals surface area contributed by atoms with Crippen LogP contribution in [0.4, 0.5) is 0 Å². The van der Waals surface area contributed by atoms with E-state index < -0.39 is 6.10 Å². The summed E-state index contributed by atoms with van der Waals surface area (Å²) in [7, 11) is 0. The van der Waals surface area contributed by atoms with Crippen molar-refractivity contribution in [3.63, 3.8) is 0 Å². The average molecular weight is 235 g/mol. The van der Waals surface area contributed by atoms with Crippen molar-refractivity contribution in [2.75, 3.05) is 6.54 Å². The highest BCUT2D eigenvalue weighted by Crippen LogP contribution is 2.22. The molecule has 1 amide bonds. The third-order valence-electron chi connectivity index (χ3n) is 2.88. The largest absolute Gasteiger partial charge is 0.384 e. The molecule has 0 saturated carbocycles. The Bertz CT molecular complexity index is 397. The predicted octanol–water partition coefficient (Wildman–Crippen LogP) is 1.77. The molecule has 0 saturated heterocycles. The van der Waals surface area contributed by atoms with E-state index in [2.05, 4.69) is 31.3 Å². The quantitative estimate of drug-likeness (QED) is 0.835. The summed E-state index contributed by atoms with van der Waals surface area (Å²) in [5.74, 6) is -0.328. The van der Waals surface area contributed by atoms with Crippen LogP contribution in [0.5, 0.6) is 0 Å². The van der Waals surface area contributed by atoms with Gasteiger partial charge < -0.3 is 10.4 Å². The molecule has 0 aliphatic heterocycles. The van der Waals surface area contributed by atoms with Gasteiger partial charge in [-0.25, -0.2) is 0 Å². The maximum Gasteiger partial charge on any atom is 0.248 e. The number of aliphatic hydroxyl groups excluding tert-OH is 1. The summed E-state index contributed by atoms with van der Waals surface area (Å²) in [6.45, 7) is 8.18. The van der Waals surface area contributed by atoms with Gasteiger partial charge in [-0.05, 0) is 19.4 Å². The molecule has 1 atom stereocenters. The van der Waals surface area contributed by atoms with Gasteiger partial charge in [-0.15, -0.1) is 0 Å². The van der Waals surface area contributed by atoms with Crippen molar-refractivity contribution in [1.82, 2.24) is 5.32 Å². The summed E-state index contributed by atoms with van der Waals surface area (Å²) in [5.41, 5.74) is 2.25. The molecular weight excluding hydrogens is 214 g/mol. The molecule has 0 spiro atoms. The van der Waals surface area contributed by atoms with Crippen molar-refractivity contribution in [2.24, 2.45) is 0 Å². The van der Waals surface area contributed by atoms with Gasteiger partial charge in [-0.3, -0.25) is 4.79 Å². The first-order valence-electron chi connectivity index (χ1n) is 5.86. The van der Waals surface area contributed by atoms with E-state index in [0.717, 1.165) is 0 Å². The Hall–Kier alpha value is -1.35. The maximum absolute atomic E-state index is 11.3. The lowest BCUT2D eigenvalue weighted by molar-refractivity contribution is -0.128. The lowest BCUT2D eigenvalue weighted by Gasteiger charge is -2.26. The normalized spacial score (nSPS) is 13.2. The van der Waals surface area contributed by atoms with Crippen molar-refractivity contribution < 1.29 is 9.90 Å². The first kappa shape index (κ1) is 13.7. The first-order chi connectivity index (χ1) is 7.83. The van der Waals surface area contributed by atoms with Gasteiger partial charge in [0.25, 0.3) is 0 Å². The lowest BCUT2D eigenvalue weighted by Crippen LogP contribution is -2.40. The monoisotopic (exact) mass is 235 g/mol. The molecule has 1 aromatic rings. The average Bonchev–Trinajstić information content (AvgIpc) is 2.26. The van der Waals surface area contributed by atoms with Crippen LogP contribution in [0, 0.1) is 6.92 Å². The van der Waals surface area contributed by atoms with Crippen molar-refractivity contribution in [2.45, 2.75) is 39.2 Å². The SMILES string of the molecule is Cc1cccc(C(C)(C)CNC(=O)C(C)O)c1. The number of carbonyl (C=O) groups is 1. The van der Waals surface area contributed by atoms with Gasteiger partial charge >= 0.3 is 0 Å². The van der Waals surface area contributed by atoms with Gasteiger partial charge in [-0.1, -0.05) is 43.7 Å². The zero-order valence-corrected chi connectivity index (χ0v) is 10.9. The fourth-order valence-corrected chi connectivity index (χ4v) is 1.62. The minimum atomic E-state index is -0.955. The van der Waals surface area contributed by atoms with Gasteiger partial charge in [-0.2, -0.15) is 0 Å². The number of aliphatic hydroxyl groups is 1. The van der Waals surface area contributed by atoms with E-state index in [0.29, 0.717) is 6.54 Å². The Balaban J connectivity index is 2.72. The van der Waals surface area contributed by atoms with E-state index >= 15 is 0 Å². The van der Waals surface area contributed by atoms with E-state index in [1.165, 1.54) is 18.1 Å². The van der Waals surface area contributed by atoms with Crippen molar-refractivity contribution in [3.8, 4) is 0 Å². The molecule has 2 N–H and O–H groups in total. The van der Waals surface area contributed by atoms with Gasteiger partial charge in [0.1, 0.15) is 6.10 Å². The number of benzene rings is 1. The summed E-state index contributed by atoms with van der Waals surface area (Å²) in [6, 6.07) is 8.24. The van der Waals surface area contributed by atoms with Crippen molar-refractivity contribution in [1.29, 1.82) is 0 Å². The number of hydrogen-bond acceptors (Lipinski definition) is 2. The number of amides is 1. The van der Waals surface area contributed by atoms with Crippen LogP contribution in [-0.4, -0.2) is 23.7 Å². The lowest BCUT2D eigenvalue weighted by atomic mass is 9.84. The van der Waals surface area contributed by atoms with Crippen LogP contribution in [0.1, 0.15) is 31.9 Å². The van der Waals surface area contributed by atoms with E-state index in [1.54, 1.807) is 0 Å². The van der Waals surface area contributed by atoms with Crippen LogP contribution >= 0.6 is 0 Å². The summed E-state index contributed by atoms with van der Waals surface area (Å²) in [5, 5.41) is 11.9. The van der Waals surface area contributed by atoms with E-state index in [-0.39, 0.29) is 11.3 Å². The molecule has 1 rings (SSSR count). The number of aryl methyl sites for hydroxylation is 1. The third kappa shape index (κ3) is 3.86. The molecule has 94 valence electrons. The highest BCUT2D eigenvalue weighted by molar-refractivity contribution is 5.80. The summed E-state index contributed by atoms with van der Waals surface area (Å²) >= 11 is 0.